The molecule has 2 N–H and O–H groups in total. The summed E-state index contributed by atoms with van der Waals surface area (Å²) in [4.78, 5) is 27.4. The van der Waals surface area contributed by atoms with Crippen molar-refractivity contribution in [3.63, 3.8) is 0 Å². The smallest absolute Gasteiger partial charge is 0.317 e. The zero-order valence-electron chi connectivity index (χ0n) is 12.7. The standard InChI is InChI=1S/C15H22N2O3S/c1-9-7-13(11(3)21-9)10(2)16-15(20)17-6-4-5-12(8-17)14(18)19/h7,10,12H,4-6,8H2,1-3H3,(H,16,20)(H,18,19). The number of nitrogens with one attached hydrogen (secondary N) is 1. The van der Waals surface area contributed by atoms with Crippen molar-refractivity contribution < 1.29 is 14.7 Å². The van der Waals surface area contributed by atoms with Gasteiger partial charge in [0.05, 0.1) is 12.0 Å². The monoisotopic (exact) mass is 310 g/mol. The molecule has 21 heavy (non-hydrogen) atoms. The van der Waals surface area contributed by atoms with Crippen molar-refractivity contribution in [1.29, 1.82) is 0 Å². The van der Waals surface area contributed by atoms with E-state index in [9.17, 15) is 9.59 Å². The molecule has 1 aliphatic rings. The van der Waals surface area contributed by atoms with Crippen LogP contribution in [0.25, 0.3) is 0 Å². The molecule has 5 nitrogen and oxygen atoms in total. The molecule has 1 aromatic heterocycles. The topological polar surface area (TPSA) is 69.6 Å². The van der Waals surface area contributed by atoms with E-state index in [0.29, 0.717) is 19.5 Å². The van der Waals surface area contributed by atoms with Crippen LogP contribution >= 0.6 is 11.3 Å². The average Bonchev–Trinajstić information content (AvgIpc) is 2.77. The van der Waals surface area contributed by atoms with Gasteiger partial charge in [0.15, 0.2) is 0 Å². The van der Waals surface area contributed by atoms with Gasteiger partial charge >= 0.3 is 12.0 Å². The van der Waals surface area contributed by atoms with Crippen LogP contribution < -0.4 is 5.32 Å². The van der Waals surface area contributed by atoms with Gasteiger partial charge in [-0.15, -0.1) is 11.3 Å². The van der Waals surface area contributed by atoms with Crippen LogP contribution in [0.1, 0.15) is 41.1 Å². The Kier molecular flexibility index (Phi) is 4.88. The lowest BCUT2D eigenvalue weighted by atomic mass is 9.98. The number of thiophene rings is 1. The summed E-state index contributed by atoms with van der Waals surface area (Å²) in [7, 11) is 0. The molecule has 0 spiro atoms. The van der Waals surface area contributed by atoms with Crippen molar-refractivity contribution in [2.45, 2.75) is 39.7 Å². The summed E-state index contributed by atoms with van der Waals surface area (Å²) >= 11 is 1.72. The van der Waals surface area contributed by atoms with E-state index in [0.717, 1.165) is 12.0 Å². The number of likely N-dealkylation sites (tertiary alicyclic amines) is 1. The van der Waals surface area contributed by atoms with Crippen molar-refractivity contribution in [2.24, 2.45) is 5.92 Å². The van der Waals surface area contributed by atoms with E-state index in [4.69, 9.17) is 5.11 Å². The van der Waals surface area contributed by atoms with Gasteiger partial charge in [0.1, 0.15) is 0 Å². The Labute approximate surface area is 129 Å². The Morgan fingerprint density at radius 3 is 2.76 bits per heavy atom. The Hall–Kier alpha value is -1.56. The Morgan fingerprint density at radius 1 is 1.48 bits per heavy atom. The summed E-state index contributed by atoms with van der Waals surface area (Å²) in [5.74, 6) is -1.25. The number of hydrogen-bond donors (Lipinski definition) is 2. The number of carbonyl (C=O) groups excluding carboxylic acids is 1. The Morgan fingerprint density at radius 2 is 2.19 bits per heavy atom. The fourth-order valence-corrected chi connectivity index (χ4v) is 3.82. The van der Waals surface area contributed by atoms with E-state index in [1.165, 1.54) is 9.75 Å². The van der Waals surface area contributed by atoms with Gasteiger partial charge in [-0.25, -0.2) is 4.79 Å². The lowest BCUT2D eigenvalue weighted by Gasteiger charge is -2.31. The number of urea groups is 1. The highest BCUT2D eigenvalue weighted by Crippen LogP contribution is 2.26. The number of carboxylic acid groups (broad SMARTS) is 1. The van der Waals surface area contributed by atoms with Gasteiger partial charge in [-0.2, -0.15) is 0 Å². The molecule has 1 aromatic rings. The van der Waals surface area contributed by atoms with Gasteiger partial charge in [-0.1, -0.05) is 0 Å². The number of hydrogen-bond acceptors (Lipinski definition) is 3. The minimum absolute atomic E-state index is 0.0624. The molecule has 2 amide bonds. The maximum atomic E-state index is 12.3. The van der Waals surface area contributed by atoms with E-state index < -0.39 is 11.9 Å². The van der Waals surface area contributed by atoms with Gasteiger partial charge < -0.3 is 15.3 Å². The molecule has 0 saturated carbocycles. The molecule has 1 aliphatic heterocycles. The Bertz CT molecular complexity index is 541. The third kappa shape index (κ3) is 3.75. The second kappa shape index (κ2) is 6.47. The number of rotatable bonds is 3. The lowest BCUT2D eigenvalue weighted by Crippen LogP contribution is -2.47. The summed E-state index contributed by atoms with van der Waals surface area (Å²) in [5, 5.41) is 12.1. The minimum Gasteiger partial charge on any atom is -0.481 e. The fourth-order valence-electron chi connectivity index (χ4n) is 2.80. The van der Waals surface area contributed by atoms with Gasteiger partial charge in [0.2, 0.25) is 0 Å². The predicted octanol–water partition coefficient (Wildman–Crippen LogP) is 2.93. The number of aliphatic carboxylic acids is 1. The second-order valence-corrected chi connectivity index (χ2v) is 7.12. The third-order valence-corrected chi connectivity index (χ3v) is 4.93. The molecule has 116 valence electrons. The van der Waals surface area contributed by atoms with Gasteiger partial charge in [-0.3, -0.25) is 4.79 Å². The van der Waals surface area contributed by atoms with E-state index >= 15 is 0 Å². The van der Waals surface area contributed by atoms with Crippen LogP contribution in [-0.2, 0) is 4.79 Å². The minimum atomic E-state index is -0.815. The van der Waals surface area contributed by atoms with E-state index in [1.807, 2.05) is 6.92 Å². The molecule has 0 bridgehead atoms. The van der Waals surface area contributed by atoms with Crippen LogP contribution in [-0.4, -0.2) is 35.1 Å². The van der Waals surface area contributed by atoms with Crippen molar-refractivity contribution in [3.05, 3.63) is 21.4 Å². The first-order valence-corrected chi connectivity index (χ1v) is 8.05. The molecule has 2 rings (SSSR count). The number of carbonyl (C=O) groups is 2. The molecule has 6 heteroatoms. The van der Waals surface area contributed by atoms with Gasteiger partial charge in [0, 0.05) is 22.8 Å². The summed E-state index contributed by atoms with van der Waals surface area (Å²) in [6.45, 7) is 7.00. The van der Waals surface area contributed by atoms with Crippen LogP contribution in [0.2, 0.25) is 0 Å². The summed E-state index contributed by atoms with van der Waals surface area (Å²) in [6.07, 6.45) is 1.40. The number of amides is 2. The first-order valence-electron chi connectivity index (χ1n) is 7.23. The molecule has 0 aliphatic carbocycles. The second-order valence-electron chi connectivity index (χ2n) is 5.66. The Balaban J connectivity index is 1.97. The molecule has 1 fully saturated rings. The molecule has 2 atom stereocenters. The molecule has 0 aromatic carbocycles. The van der Waals surface area contributed by atoms with Crippen molar-refractivity contribution >= 4 is 23.3 Å². The number of piperidine rings is 1. The van der Waals surface area contributed by atoms with Crippen molar-refractivity contribution in [1.82, 2.24) is 10.2 Å². The number of nitrogens with zero attached hydrogens (tertiary/aromatic N) is 1. The zero-order valence-corrected chi connectivity index (χ0v) is 13.5. The van der Waals surface area contributed by atoms with Crippen LogP contribution in [0.5, 0.6) is 0 Å². The first-order chi connectivity index (χ1) is 9.88. The molecule has 2 heterocycles. The first kappa shape index (κ1) is 15.8. The number of aryl methyl sites for hydroxylation is 2. The van der Waals surface area contributed by atoms with Crippen molar-refractivity contribution in [3.8, 4) is 0 Å². The third-order valence-electron chi connectivity index (χ3n) is 3.94. The predicted molar refractivity (Wildman–Crippen MR) is 82.7 cm³/mol. The van der Waals surface area contributed by atoms with Gasteiger partial charge in [-0.05, 0) is 45.2 Å². The summed E-state index contributed by atoms with van der Waals surface area (Å²) in [5.41, 5.74) is 1.14. The summed E-state index contributed by atoms with van der Waals surface area (Å²) in [6, 6.07) is 1.87. The van der Waals surface area contributed by atoms with Crippen LogP contribution in [0.15, 0.2) is 6.07 Å². The fraction of sp³-hybridized carbons (Fsp3) is 0.600. The average molecular weight is 310 g/mol. The van der Waals surface area contributed by atoms with E-state index in [1.54, 1.807) is 16.2 Å². The van der Waals surface area contributed by atoms with E-state index in [2.05, 4.69) is 25.2 Å². The molecule has 1 saturated heterocycles. The highest BCUT2D eigenvalue weighted by atomic mass is 32.1. The van der Waals surface area contributed by atoms with E-state index in [-0.39, 0.29) is 12.1 Å². The van der Waals surface area contributed by atoms with Crippen molar-refractivity contribution in [2.75, 3.05) is 13.1 Å². The number of carboxylic acids is 1. The lowest BCUT2D eigenvalue weighted by molar-refractivity contribution is -0.143. The summed E-state index contributed by atoms with van der Waals surface area (Å²) < 4.78 is 0. The maximum Gasteiger partial charge on any atom is 0.317 e. The highest BCUT2D eigenvalue weighted by Gasteiger charge is 2.28. The quantitative estimate of drug-likeness (QED) is 0.902. The molecule has 2 unspecified atom stereocenters. The SMILES string of the molecule is Cc1cc(C(C)NC(=O)N2CCCC(C(=O)O)C2)c(C)s1. The molecule has 0 radical (unpaired) electrons. The highest BCUT2D eigenvalue weighted by molar-refractivity contribution is 7.12. The molecular weight excluding hydrogens is 288 g/mol. The normalized spacial score (nSPS) is 20.1. The maximum absolute atomic E-state index is 12.3. The largest absolute Gasteiger partial charge is 0.481 e. The zero-order chi connectivity index (χ0) is 15.6. The molecular formula is C15H22N2O3S. The van der Waals surface area contributed by atoms with Gasteiger partial charge in [0.25, 0.3) is 0 Å². The van der Waals surface area contributed by atoms with Crippen LogP contribution in [0.3, 0.4) is 0 Å². The van der Waals surface area contributed by atoms with Crippen LogP contribution in [0, 0.1) is 19.8 Å². The van der Waals surface area contributed by atoms with Crippen LogP contribution in [0.4, 0.5) is 4.79 Å².